The van der Waals surface area contributed by atoms with Crippen molar-refractivity contribution in [3.05, 3.63) is 34.3 Å². The van der Waals surface area contributed by atoms with Crippen molar-refractivity contribution in [3.63, 3.8) is 0 Å². The number of halogens is 1. The van der Waals surface area contributed by atoms with Crippen LogP contribution in [0.1, 0.15) is 32.4 Å². The van der Waals surface area contributed by atoms with Gasteiger partial charge < -0.3 is 5.32 Å². The van der Waals surface area contributed by atoms with Gasteiger partial charge >= 0.3 is 6.03 Å². The summed E-state index contributed by atoms with van der Waals surface area (Å²) in [6, 6.07) is 6.85. The molecule has 0 saturated carbocycles. The Bertz CT molecular complexity index is 479. The van der Waals surface area contributed by atoms with Crippen LogP contribution in [0.4, 0.5) is 4.79 Å². The van der Waals surface area contributed by atoms with Crippen LogP contribution >= 0.6 is 15.9 Å². The van der Waals surface area contributed by atoms with E-state index < -0.39 is 12.1 Å². The van der Waals surface area contributed by atoms with Gasteiger partial charge in [0, 0.05) is 17.1 Å². The van der Waals surface area contributed by atoms with Crippen molar-refractivity contribution >= 4 is 27.9 Å². The molecule has 0 aliphatic carbocycles. The number of benzene rings is 1. The lowest BCUT2D eigenvalue weighted by atomic mass is 10.1. The summed E-state index contributed by atoms with van der Waals surface area (Å²) >= 11 is 3.48. The number of urea groups is 1. The molecule has 0 aliphatic rings. The first-order valence-corrected chi connectivity index (χ1v) is 7.34. The molecule has 1 unspecified atom stereocenters. The van der Waals surface area contributed by atoms with Crippen molar-refractivity contribution in [1.82, 2.24) is 16.0 Å². The van der Waals surface area contributed by atoms with Crippen LogP contribution in [0.2, 0.25) is 0 Å². The van der Waals surface area contributed by atoms with Gasteiger partial charge in [-0.2, -0.15) is 0 Å². The Morgan fingerprint density at radius 2 is 1.90 bits per heavy atom. The maximum atomic E-state index is 11.8. The van der Waals surface area contributed by atoms with Gasteiger partial charge in [-0.25, -0.2) is 4.79 Å². The van der Waals surface area contributed by atoms with Crippen molar-refractivity contribution in [3.8, 4) is 0 Å². The summed E-state index contributed by atoms with van der Waals surface area (Å²) in [7, 11) is 0. The zero-order valence-corrected chi connectivity index (χ0v) is 13.5. The Morgan fingerprint density at radius 1 is 1.25 bits per heavy atom. The van der Waals surface area contributed by atoms with Gasteiger partial charge in [0.15, 0.2) is 0 Å². The quantitative estimate of drug-likeness (QED) is 0.769. The third-order valence-corrected chi connectivity index (χ3v) is 3.56. The predicted molar refractivity (Wildman–Crippen MR) is 82.4 cm³/mol. The Labute approximate surface area is 127 Å². The number of nitrogens with one attached hydrogen (secondary N) is 3. The normalized spacial score (nSPS) is 13.4. The molecule has 0 fully saturated rings. The van der Waals surface area contributed by atoms with Crippen LogP contribution in [0.3, 0.4) is 0 Å². The van der Waals surface area contributed by atoms with E-state index in [4.69, 9.17) is 0 Å². The fourth-order valence-corrected chi connectivity index (χ4v) is 2.42. The Kier molecular flexibility index (Phi) is 6.67. The van der Waals surface area contributed by atoms with E-state index in [0.29, 0.717) is 6.54 Å². The van der Waals surface area contributed by atoms with Crippen LogP contribution in [-0.2, 0) is 4.79 Å². The summed E-state index contributed by atoms with van der Waals surface area (Å²) in [6.45, 7) is 5.97. The van der Waals surface area contributed by atoms with Crippen molar-refractivity contribution in [2.24, 2.45) is 0 Å². The van der Waals surface area contributed by atoms with Gasteiger partial charge in [0.25, 0.3) is 0 Å². The van der Waals surface area contributed by atoms with Gasteiger partial charge in [-0.05, 0) is 32.4 Å². The molecule has 0 heterocycles. The fraction of sp³-hybridized carbons (Fsp3) is 0.429. The third-order valence-electron chi connectivity index (χ3n) is 2.84. The molecular weight excluding hydrogens is 322 g/mol. The molecule has 2 atom stereocenters. The molecule has 0 radical (unpaired) electrons. The number of carbonyl (C=O) groups excluding carboxylic acids is 2. The standard InChI is InChI=1S/C14H20BrN3O2/c1-4-16-14(20)18-13(19)10(3)17-9(2)11-7-5-6-8-12(11)15/h5-10,17H,4H2,1-3H3,(H2,16,18,19,20)/t9-,10?/m1/s1. The average Bonchev–Trinajstić information content (AvgIpc) is 2.39. The minimum Gasteiger partial charge on any atom is -0.338 e. The van der Waals surface area contributed by atoms with Crippen LogP contribution < -0.4 is 16.0 Å². The second kappa shape index (κ2) is 8.01. The van der Waals surface area contributed by atoms with Gasteiger partial charge in [0.1, 0.15) is 0 Å². The molecule has 0 aromatic heterocycles. The molecule has 3 N–H and O–H groups in total. The highest BCUT2D eigenvalue weighted by atomic mass is 79.9. The Hall–Kier alpha value is -1.40. The summed E-state index contributed by atoms with van der Waals surface area (Å²) < 4.78 is 0.983. The number of amides is 3. The van der Waals surface area contributed by atoms with E-state index in [1.54, 1.807) is 13.8 Å². The summed E-state index contributed by atoms with van der Waals surface area (Å²) in [5.74, 6) is -0.352. The van der Waals surface area contributed by atoms with E-state index >= 15 is 0 Å². The highest BCUT2D eigenvalue weighted by molar-refractivity contribution is 9.10. The van der Waals surface area contributed by atoms with Crippen molar-refractivity contribution in [1.29, 1.82) is 0 Å². The molecule has 5 nitrogen and oxygen atoms in total. The molecule has 1 aromatic rings. The topological polar surface area (TPSA) is 70.2 Å². The predicted octanol–water partition coefficient (Wildman–Crippen LogP) is 2.33. The third kappa shape index (κ3) is 4.94. The van der Waals surface area contributed by atoms with E-state index in [2.05, 4.69) is 31.9 Å². The lowest BCUT2D eigenvalue weighted by Gasteiger charge is -2.20. The van der Waals surface area contributed by atoms with Crippen LogP contribution in [-0.4, -0.2) is 24.5 Å². The molecule has 1 rings (SSSR count). The first-order chi connectivity index (χ1) is 9.45. The molecule has 0 aliphatic heterocycles. The van der Waals surface area contributed by atoms with Crippen LogP contribution in [0.15, 0.2) is 28.7 Å². The Balaban J connectivity index is 2.57. The number of hydrogen-bond donors (Lipinski definition) is 3. The van der Waals surface area contributed by atoms with Crippen molar-refractivity contribution < 1.29 is 9.59 Å². The highest BCUT2D eigenvalue weighted by Crippen LogP contribution is 2.22. The molecule has 0 spiro atoms. The van der Waals surface area contributed by atoms with Gasteiger partial charge in [0.2, 0.25) is 5.91 Å². The first-order valence-electron chi connectivity index (χ1n) is 6.54. The smallest absolute Gasteiger partial charge is 0.321 e. The molecule has 6 heteroatoms. The SMILES string of the molecule is CCNC(=O)NC(=O)C(C)N[C@H](C)c1ccccc1Br. The average molecular weight is 342 g/mol. The summed E-state index contributed by atoms with van der Waals surface area (Å²) in [4.78, 5) is 23.1. The molecule has 0 saturated heterocycles. The second-order valence-corrected chi connectivity index (χ2v) is 5.33. The molecule has 1 aromatic carbocycles. The molecular formula is C14H20BrN3O2. The number of hydrogen-bond acceptors (Lipinski definition) is 3. The minimum atomic E-state index is -0.473. The maximum Gasteiger partial charge on any atom is 0.321 e. The molecule has 110 valence electrons. The zero-order chi connectivity index (χ0) is 15.1. The van der Waals surface area contributed by atoms with Gasteiger partial charge in [-0.15, -0.1) is 0 Å². The number of carbonyl (C=O) groups is 2. The number of rotatable bonds is 5. The summed E-state index contributed by atoms with van der Waals surface area (Å²) in [5, 5.41) is 7.97. The minimum absolute atomic E-state index is 0.0134. The van der Waals surface area contributed by atoms with E-state index in [0.717, 1.165) is 10.0 Å². The highest BCUT2D eigenvalue weighted by Gasteiger charge is 2.18. The largest absolute Gasteiger partial charge is 0.338 e. The van der Waals surface area contributed by atoms with Gasteiger partial charge in [0.05, 0.1) is 6.04 Å². The van der Waals surface area contributed by atoms with Gasteiger partial charge in [-0.1, -0.05) is 34.1 Å². The second-order valence-electron chi connectivity index (χ2n) is 4.48. The monoisotopic (exact) mass is 341 g/mol. The lowest BCUT2D eigenvalue weighted by molar-refractivity contribution is -0.121. The lowest BCUT2D eigenvalue weighted by Crippen LogP contribution is -2.48. The number of imide groups is 1. The molecule has 3 amide bonds. The van der Waals surface area contributed by atoms with Crippen molar-refractivity contribution in [2.45, 2.75) is 32.9 Å². The Morgan fingerprint density at radius 3 is 2.50 bits per heavy atom. The van der Waals surface area contributed by atoms with E-state index in [-0.39, 0.29) is 11.9 Å². The fourth-order valence-electron chi connectivity index (χ4n) is 1.79. The van der Waals surface area contributed by atoms with E-state index in [1.807, 2.05) is 31.2 Å². The zero-order valence-electron chi connectivity index (χ0n) is 11.9. The van der Waals surface area contributed by atoms with E-state index in [1.165, 1.54) is 0 Å². The summed E-state index contributed by atoms with van der Waals surface area (Å²) in [5.41, 5.74) is 1.06. The van der Waals surface area contributed by atoms with Crippen molar-refractivity contribution in [2.75, 3.05) is 6.54 Å². The van der Waals surface area contributed by atoms with Crippen LogP contribution in [0, 0.1) is 0 Å². The maximum absolute atomic E-state index is 11.8. The summed E-state index contributed by atoms with van der Waals surface area (Å²) in [6.07, 6.45) is 0. The molecule has 20 heavy (non-hydrogen) atoms. The van der Waals surface area contributed by atoms with E-state index in [9.17, 15) is 9.59 Å². The molecule has 0 bridgehead atoms. The first kappa shape index (κ1) is 16.7. The van der Waals surface area contributed by atoms with Crippen LogP contribution in [0.25, 0.3) is 0 Å². The van der Waals surface area contributed by atoms with Crippen LogP contribution in [0.5, 0.6) is 0 Å². The van der Waals surface area contributed by atoms with Gasteiger partial charge in [-0.3, -0.25) is 15.4 Å².